The van der Waals surface area contributed by atoms with Gasteiger partial charge in [-0.2, -0.15) is 0 Å². The fraction of sp³-hybridized carbons (Fsp3) is 1.00. The molecule has 0 saturated heterocycles. The van der Waals surface area contributed by atoms with Gasteiger partial charge in [-0.05, 0) is 6.92 Å². The first-order valence-electron chi connectivity index (χ1n) is 1.17. The average Bonchev–Trinajstić information content (AvgIpc) is 0.811. The molecular formula is C2H9NO. The zero-order chi connectivity index (χ0) is 3.58. The lowest BCUT2D eigenvalue weighted by Gasteiger charge is -1.82. The molecule has 2 heteroatoms. The molecule has 1 atom stereocenters. The summed E-state index contributed by atoms with van der Waals surface area (Å²) in [6.07, 6.45) is -0.667. The van der Waals surface area contributed by atoms with Crippen LogP contribution in [0.1, 0.15) is 8.35 Å². The topological polar surface area (TPSA) is 46.2 Å². The Morgan fingerprint density at radius 1 is 2.25 bits per heavy atom. The molecular weight excluding hydrogens is 54.0 g/mol. The minimum atomic E-state index is -0.667. The summed E-state index contributed by atoms with van der Waals surface area (Å²) < 4.78 is 0. The number of rotatable bonds is 0. The third kappa shape index (κ3) is 254. The van der Waals surface area contributed by atoms with E-state index in [1.165, 1.54) is 6.92 Å². The molecule has 0 heterocycles. The molecule has 2 nitrogen and oxygen atoms in total. The maximum absolute atomic E-state index is 7.83. The molecule has 0 amide bonds. The molecule has 28 valence electrons. The molecule has 0 aromatic rings. The number of aliphatic hydroxyl groups is 1. The molecule has 1 unspecified atom stereocenters. The van der Waals surface area contributed by atoms with Crippen LogP contribution in [0.25, 0.3) is 0 Å². The maximum Gasteiger partial charge on any atom is 0.0991 e. The van der Waals surface area contributed by atoms with Crippen LogP contribution >= 0.6 is 0 Å². The lowest BCUT2D eigenvalue weighted by atomic mass is 10.7. The quantitative estimate of drug-likeness (QED) is 0.373. The Labute approximate surface area is 26.7 Å². The summed E-state index contributed by atoms with van der Waals surface area (Å²) in [5.74, 6) is 0. The Balaban J connectivity index is 0. The fourth-order valence-corrected chi connectivity index (χ4v) is 0. The molecule has 0 saturated carbocycles. The van der Waals surface area contributed by atoms with E-state index in [0.29, 0.717) is 0 Å². The first kappa shape index (κ1) is 3.92. The van der Waals surface area contributed by atoms with Crippen molar-refractivity contribution >= 4 is 0 Å². The molecule has 0 spiro atoms. The molecule has 0 radical (unpaired) electrons. The van der Waals surface area contributed by atoms with Gasteiger partial charge in [0, 0.05) is 1.43 Å². The van der Waals surface area contributed by atoms with Gasteiger partial charge in [0.05, 0.1) is 6.23 Å². The van der Waals surface area contributed by atoms with Crippen LogP contribution in [0.5, 0.6) is 0 Å². The summed E-state index contributed by atoms with van der Waals surface area (Å²) in [5, 5.41) is 7.83. The third-order valence-corrected chi connectivity index (χ3v) is 0. The van der Waals surface area contributed by atoms with E-state index >= 15 is 0 Å². The van der Waals surface area contributed by atoms with E-state index in [9.17, 15) is 0 Å². The second-order valence-corrected chi connectivity index (χ2v) is 0.741. The zero-order valence-corrected chi connectivity index (χ0v) is 2.60. The van der Waals surface area contributed by atoms with Crippen molar-refractivity contribution in [3.8, 4) is 0 Å². The summed E-state index contributed by atoms with van der Waals surface area (Å²) in [6, 6.07) is 0. The molecule has 0 aliphatic heterocycles. The van der Waals surface area contributed by atoms with E-state index in [-0.39, 0.29) is 1.43 Å². The Morgan fingerprint density at radius 2 is 2.25 bits per heavy atom. The van der Waals surface area contributed by atoms with Gasteiger partial charge in [0.1, 0.15) is 0 Å². The minimum Gasteiger partial charge on any atom is -0.379 e. The molecule has 0 fully saturated rings. The van der Waals surface area contributed by atoms with Crippen molar-refractivity contribution in [2.45, 2.75) is 13.2 Å². The van der Waals surface area contributed by atoms with E-state index in [1.54, 1.807) is 0 Å². The highest BCUT2D eigenvalue weighted by molar-refractivity contribution is 4.16. The lowest BCUT2D eigenvalue weighted by Crippen LogP contribution is -2.11. The van der Waals surface area contributed by atoms with Crippen molar-refractivity contribution in [2.75, 3.05) is 0 Å². The van der Waals surface area contributed by atoms with Gasteiger partial charge in [0.2, 0.25) is 0 Å². The number of nitrogens with two attached hydrogens (primary N) is 1. The van der Waals surface area contributed by atoms with E-state index in [1.807, 2.05) is 0 Å². The second kappa shape index (κ2) is 1.26. The molecule has 4 heavy (non-hydrogen) atoms. The Hall–Kier alpha value is -0.0800. The van der Waals surface area contributed by atoms with Crippen LogP contribution < -0.4 is 5.73 Å². The van der Waals surface area contributed by atoms with Crippen LogP contribution in [-0.4, -0.2) is 11.3 Å². The highest BCUT2D eigenvalue weighted by Gasteiger charge is 1.68. The van der Waals surface area contributed by atoms with Crippen LogP contribution in [0.15, 0.2) is 0 Å². The molecule has 0 rings (SSSR count). The first-order chi connectivity index (χ1) is 1.73. The van der Waals surface area contributed by atoms with Gasteiger partial charge in [-0.3, -0.25) is 0 Å². The smallest absolute Gasteiger partial charge is 0.0991 e. The van der Waals surface area contributed by atoms with Gasteiger partial charge in [0.25, 0.3) is 0 Å². The second-order valence-electron chi connectivity index (χ2n) is 0.741. The van der Waals surface area contributed by atoms with Gasteiger partial charge in [-0.15, -0.1) is 0 Å². The molecule has 0 aromatic heterocycles. The van der Waals surface area contributed by atoms with Crippen molar-refractivity contribution in [2.24, 2.45) is 5.73 Å². The van der Waals surface area contributed by atoms with Crippen LogP contribution in [0.4, 0.5) is 0 Å². The Kier molecular flexibility index (Phi) is 1.24. The van der Waals surface area contributed by atoms with Crippen molar-refractivity contribution in [1.29, 1.82) is 0 Å². The normalized spacial score (nSPS) is 15.8. The maximum atomic E-state index is 7.83. The summed E-state index contributed by atoms with van der Waals surface area (Å²) in [5.41, 5.74) is 4.67. The average molecular weight is 63.1 g/mol. The Morgan fingerprint density at radius 3 is 2.25 bits per heavy atom. The monoisotopic (exact) mass is 63.1 g/mol. The molecule has 0 aromatic carbocycles. The van der Waals surface area contributed by atoms with Crippen molar-refractivity contribution in [3.63, 3.8) is 0 Å². The van der Waals surface area contributed by atoms with Crippen LogP contribution in [0.3, 0.4) is 0 Å². The number of aliphatic hydroxyl groups excluding tert-OH is 1. The van der Waals surface area contributed by atoms with E-state index in [4.69, 9.17) is 5.11 Å². The van der Waals surface area contributed by atoms with E-state index in [0.717, 1.165) is 0 Å². The Bertz CT molecular complexity index is 14.4. The molecule has 0 bridgehead atoms. The van der Waals surface area contributed by atoms with Crippen molar-refractivity contribution in [1.82, 2.24) is 0 Å². The standard InChI is InChI=1S/C2H7NO.H2/c1-2(3)4;/h2,4H,3H2,1H3;1H. The fourth-order valence-electron chi connectivity index (χ4n) is 0. The third-order valence-electron chi connectivity index (χ3n) is 0. The SMILES string of the molecule is CC(N)O.[HH]. The predicted molar refractivity (Wildman–Crippen MR) is 18.0 cm³/mol. The summed E-state index contributed by atoms with van der Waals surface area (Å²) >= 11 is 0. The van der Waals surface area contributed by atoms with Crippen LogP contribution in [-0.2, 0) is 0 Å². The zero-order valence-electron chi connectivity index (χ0n) is 2.60. The van der Waals surface area contributed by atoms with Gasteiger partial charge in [-0.1, -0.05) is 0 Å². The first-order valence-corrected chi connectivity index (χ1v) is 1.17. The summed E-state index contributed by atoms with van der Waals surface area (Å²) in [4.78, 5) is 0. The van der Waals surface area contributed by atoms with Crippen LogP contribution in [0, 0.1) is 0 Å². The van der Waals surface area contributed by atoms with Crippen molar-refractivity contribution in [3.05, 3.63) is 0 Å². The number of hydrogen-bond acceptors (Lipinski definition) is 2. The van der Waals surface area contributed by atoms with Crippen LogP contribution in [0.2, 0.25) is 0 Å². The summed E-state index contributed by atoms with van der Waals surface area (Å²) in [7, 11) is 0. The van der Waals surface area contributed by atoms with Gasteiger partial charge in [-0.25, -0.2) is 0 Å². The predicted octanol–water partition coefficient (Wildman–Crippen LogP) is -0.471. The van der Waals surface area contributed by atoms with E-state index < -0.39 is 6.23 Å². The molecule has 0 aliphatic carbocycles. The molecule has 0 aliphatic rings. The molecule has 3 N–H and O–H groups in total. The largest absolute Gasteiger partial charge is 0.379 e. The van der Waals surface area contributed by atoms with Gasteiger partial charge in [0.15, 0.2) is 0 Å². The highest BCUT2D eigenvalue weighted by Crippen LogP contribution is 1.50. The van der Waals surface area contributed by atoms with Crippen molar-refractivity contribution < 1.29 is 6.53 Å². The van der Waals surface area contributed by atoms with E-state index in [2.05, 4.69) is 5.73 Å². The lowest BCUT2D eigenvalue weighted by molar-refractivity contribution is 0.203. The highest BCUT2D eigenvalue weighted by atomic mass is 16.3. The number of hydrogen-bond donors (Lipinski definition) is 2. The van der Waals surface area contributed by atoms with Gasteiger partial charge < -0.3 is 10.8 Å². The summed E-state index contributed by atoms with van der Waals surface area (Å²) in [6.45, 7) is 1.50. The van der Waals surface area contributed by atoms with Gasteiger partial charge >= 0.3 is 0 Å². The minimum absolute atomic E-state index is 0.